The summed E-state index contributed by atoms with van der Waals surface area (Å²) >= 11 is 1.87. The van der Waals surface area contributed by atoms with Gasteiger partial charge in [-0.3, -0.25) is 9.98 Å². The Hall–Kier alpha value is -9.23. The SMILES string of the molecule is C=C/C=C\C(=C)N(/C=C/C=C(C=C)/C=C1/C(=NC(=N)n2c3cc(-c4ccc5c6ccccc6n(-c6ccccc6)c5c4)ccc3c3cc4ccccc4cc32)C=CC2=C1SC(c1ccccc1)C2)c1ccccc1. The first-order valence-corrected chi connectivity index (χ1v) is 25.7. The number of anilines is 1. The van der Waals surface area contributed by atoms with Crippen molar-refractivity contribution in [2.75, 3.05) is 4.90 Å². The monoisotopic (exact) mass is 969 g/mol. The van der Waals surface area contributed by atoms with Gasteiger partial charge in [-0.1, -0.05) is 184 Å². The van der Waals surface area contributed by atoms with Crippen LogP contribution in [0.4, 0.5) is 5.69 Å². The second-order valence-electron chi connectivity index (χ2n) is 18.5. The molecule has 5 nitrogen and oxygen atoms in total. The highest BCUT2D eigenvalue weighted by Crippen LogP contribution is 2.52. The Labute approximate surface area is 435 Å². The average molecular weight is 970 g/mol. The first kappa shape index (κ1) is 45.9. The molecule has 3 heterocycles. The van der Waals surface area contributed by atoms with Gasteiger partial charge >= 0.3 is 0 Å². The maximum Gasteiger partial charge on any atom is 0.227 e. The first-order valence-electron chi connectivity index (χ1n) is 24.9. The van der Waals surface area contributed by atoms with Gasteiger partial charge in [-0.2, -0.15) is 0 Å². The lowest BCUT2D eigenvalue weighted by molar-refractivity contribution is 0.958. The van der Waals surface area contributed by atoms with Crippen LogP contribution in [0.2, 0.25) is 0 Å². The van der Waals surface area contributed by atoms with Crippen molar-refractivity contribution in [1.82, 2.24) is 9.13 Å². The number of thioether (sulfide) groups is 1. The molecule has 0 radical (unpaired) electrons. The van der Waals surface area contributed by atoms with Crippen molar-refractivity contribution in [3.63, 3.8) is 0 Å². The molecule has 6 heteroatoms. The molecule has 1 aliphatic heterocycles. The fraction of sp³-hybridized carbons (Fsp3) is 0.0294. The Kier molecular flexibility index (Phi) is 12.2. The predicted octanol–water partition coefficient (Wildman–Crippen LogP) is 18.0. The Balaban J connectivity index is 0.991. The van der Waals surface area contributed by atoms with Gasteiger partial charge in [-0.15, -0.1) is 11.8 Å². The maximum atomic E-state index is 10.1. The normalized spacial score (nSPS) is 16.0. The smallest absolute Gasteiger partial charge is 0.227 e. The zero-order valence-electron chi connectivity index (χ0n) is 40.8. The molecule has 354 valence electrons. The summed E-state index contributed by atoms with van der Waals surface area (Å²) in [6.45, 7) is 12.5. The minimum Gasteiger partial charge on any atom is -0.318 e. The van der Waals surface area contributed by atoms with Gasteiger partial charge in [0, 0.05) is 60.5 Å². The molecule has 0 amide bonds. The lowest BCUT2D eigenvalue weighted by atomic mass is 9.94. The molecule has 1 unspecified atom stereocenters. The third kappa shape index (κ3) is 8.51. The van der Waals surface area contributed by atoms with Crippen LogP contribution in [0.1, 0.15) is 17.2 Å². The highest BCUT2D eigenvalue weighted by molar-refractivity contribution is 8.03. The zero-order chi connectivity index (χ0) is 50.1. The van der Waals surface area contributed by atoms with Gasteiger partial charge in [-0.25, -0.2) is 4.99 Å². The van der Waals surface area contributed by atoms with Gasteiger partial charge in [0.05, 0.1) is 27.8 Å². The molecule has 0 saturated carbocycles. The van der Waals surface area contributed by atoms with Crippen molar-refractivity contribution in [2.24, 2.45) is 4.99 Å². The van der Waals surface area contributed by atoms with Crippen molar-refractivity contribution in [1.29, 1.82) is 5.41 Å². The number of nitrogens with one attached hydrogen (secondary N) is 1. The fourth-order valence-electron chi connectivity index (χ4n) is 10.5. The van der Waals surface area contributed by atoms with E-state index in [2.05, 4.69) is 218 Å². The van der Waals surface area contributed by atoms with E-state index >= 15 is 0 Å². The maximum absolute atomic E-state index is 10.1. The van der Waals surface area contributed by atoms with Crippen LogP contribution in [0.3, 0.4) is 0 Å². The number of hydrogen-bond acceptors (Lipinski definition) is 3. The second-order valence-corrected chi connectivity index (χ2v) is 19.7. The van der Waals surface area contributed by atoms with Crippen LogP contribution in [0.5, 0.6) is 0 Å². The Morgan fingerprint density at radius 3 is 2.01 bits per heavy atom. The van der Waals surface area contributed by atoms with E-state index in [1.807, 2.05) is 69.9 Å². The number of aromatic nitrogens is 2. The second kappa shape index (κ2) is 19.8. The number of para-hydroxylation sites is 3. The van der Waals surface area contributed by atoms with E-state index in [1.165, 1.54) is 27.4 Å². The molecular weight excluding hydrogens is 919 g/mol. The number of fused-ring (bicyclic) bond motifs is 7. The molecule has 1 aliphatic carbocycles. The van der Waals surface area contributed by atoms with Crippen molar-refractivity contribution in [3.05, 3.63) is 302 Å². The first-order chi connectivity index (χ1) is 36.4. The summed E-state index contributed by atoms with van der Waals surface area (Å²) in [6.07, 6.45) is 20.9. The Bertz CT molecular complexity index is 4140. The van der Waals surface area contributed by atoms with Crippen LogP contribution in [0.25, 0.3) is 71.2 Å². The Morgan fingerprint density at radius 2 is 1.27 bits per heavy atom. The van der Waals surface area contributed by atoms with Gasteiger partial charge in [0.25, 0.3) is 0 Å². The van der Waals surface area contributed by atoms with Gasteiger partial charge in [0.1, 0.15) is 0 Å². The van der Waals surface area contributed by atoms with Gasteiger partial charge < -0.3 is 9.47 Å². The molecule has 0 bridgehead atoms. The third-order valence-corrected chi connectivity index (χ3v) is 15.5. The molecule has 1 N–H and O–H groups in total. The van der Waals surface area contributed by atoms with Crippen molar-refractivity contribution < 1.29 is 0 Å². The highest BCUT2D eigenvalue weighted by Gasteiger charge is 2.31. The molecule has 8 aromatic carbocycles. The van der Waals surface area contributed by atoms with Crippen molar-refractivity contribution in [2.45, 2.75) is 11.7 Å². The number of benzene rings is 8. The number of nitrogens with zero attached hydrogens (tertiary/aromatic N) is 4. The summed E-state index contributed by atoms with van der Waals surface area (Å²) in [4.78, 5) is 8.55. The standard InChI is InChI=1S/C68H51N5S/c1-4-6-21-46(3)71(54-27-12-8-13-28-54)39-20-22-47(5-2)40-60-61(38-35-53-45-66(74-67(53)60)48-23-10-7-11-24-48)70-68(69)73-64-44-52(34-37-58(64)59-41-49-25-16-17-26-50(49)42-65(59)73)51-33-36-57-56-31-18-19-32-62(56)72(63(57)43-51)55-29-14-9-15-30-55/h4-44,66,69H,1-3,45H2/b21-6-,39-20+,47-22+,60-40-,69-68?,70-61?. The summed E-state index contributed by atoms with van der Waals surface area (Å²) < 4.78 is 4.40. The van der Waals surface area contributed by atoms with Crippen LogP contribution in [-0.2, 0) is 0 Å². The largest absolute Gasteiger partial charge is 0.318 e. The number of aliphatic imine (C=N–C) groups is 1. The highest BCUT2D eigenvalue weighted by atomic mass is 32.2. The molecule has 10 aromatic rings. The molecule has 74 heavy (non-hydrogen) atoms. The molecule has 2 aromatic heterocycles. The van der Waals surface area contributed by atoms with Crippen molar-refractivity contribution >= 4 is 83.5 Å². The summed E-state index contributed by atoms with van der Waals surface area (Å²) in [6, 6.07) is 66.5. The number of allylic oxidation sites excluding steroid dienone is 12. The van der Waals surface area contributed by atoms with Gasteiger partial charge in [-0.05, 0) is 124 Å². The minimum atomic E-state index is 0.128. The Morgan fingerprint density at radius 1 is 0.635 bits per heavy atom. The summed E-state index contributed by atoms with van der Waals surface area (Å²) in [5.41, 5.74) is 14.3. The van der Waals surface area contributed by atoms with Crippen LogP contribution >= 0.6 is 11.8 Å². The van der Waals surface area contributed by atoms with E-state index in [-0.39, 0.29) is 11.2 Å². The van der Waals surface area contributed by atoms with E-state index < -0.39 is 0 Å². The molecular formula is C68H51N5S. The quantitative estimate of drug-likeness (QED) is 0.0798. The molecule has 0 saturated heterocycles. The topological polar surface area (TPSA) is 49.3 Å². The van der Waals surface area contributed by atoms with E-state index in [0.29, 0.717) is 5.71 Å². The molecule has 0 fully saturated rings. The van der Waals surface area contributed by atoms with E-state index in [9.17, 15) is 5.41 Å². The van der Waals surface area contributed by atoms with Crippen LogP contribution in [-0.4, -0.2) is 20.8 Å². The summed E-state index contributed by atoms with van der Waals surface area (Å²) in [7, 11) is 0. The van der Waals surface area contributed by atoms with E-state index in [1.54, 1.807) is 6.08 Å². The van der Waals surface area contributed by atoms with E-state index in [4.69, 9.17) is 4.99 Å². The predicted molar refractivity (Wildman–Crippen MR) is 318 cm³/mol. The van der Waals surface area contributed by atoms with Crippen LogP contribution < -0.4 is 4.90 Å². The van der Waals surface area contributed by atoms with Crippen molar-refractivity contribution in [3.8, 4) is 16.8 Å². The number of rotatable bonds is 11. The average Bonchev–Trinajstić information content (AvgIpc) is 4.14. The lowest BCUT2D eigenvalue weighted by Gasteiger charge is -2.20. The van der Waals surface area contributed by atoms with E-state index in [0.717, 1.165) is 88.8 Å². The van der Waals surface area contributed by atoms with Crippen LogP contribution in [0, 0.1) is 5.41 Å². The molecule has 1 atom stereocenters. The fourth-order valence-corrected chi connectivity index (χ4v) is 11.9. The number of hydrogen-bond donors (Lipinski definition) is 1. The van der Waals surface area contributed by atoms with Gasteiger partial charge in [0.15, 0.2) is 0 Å². The van der Waals surface area contributed by atoms with Crippen LogP contribution in [0.15, 0.2) is 301 Å². The lowest BCUT2D eigenvalue weighted by Crippen LogP contribution is -2.14. The minimum absolute atomic E-state index is 0.128. The summed E-state index contributed by atoms with van der Waals surface area (Å²) in [5, 5.41) is 17.2. The zero-order valence-corrected chi connectivity index (χ0v) is 41.6. The summed E-state index contributed by atoms with van der Waals surface area (Å²) in [5.74, 6) is 0.128. The molecule has 2 aliphatic rings. The van der Waals surface area contributed by atoms with Gasteiger partial charge in [0.2, 0.25) is 5.96 Å². The third-order valence-electron chi connectivity index (χ3n) is 14.0. The molecule has 0 spiro atoms. The molecule has 12 rings (SSSR count).